The maximum absolute atomic E-state index is 10.7. The van der Waals surface area contributed by atoms with Gasteiger partial charge in [-0.15, -0.1) is 0 Å². The molecule has 0 aromatic carbocycles. The average molecular weight is 237 g/mol. The zero-order chi connectivity index (χ0) is 11.5. The number of hydrogen-bond acceptors (Lipinski definition) is 4. The Hall–Kier alpha value is -0.820. The zero-order valence-electron chi connectivity index (χ0n) is 8.55. The Morgan fingerprint density at radius 2 is 2.27 bits per heavy atom. The lowest BCUT2D eigenvalue weighted by Gasteiger charge is -2.30. The topological polar surface area (TPSA) is 83.9 Å². The van der Waals surface area contributed by atoms with Gasteiger partial charge < -0.3 is 10.0 Å². The van der Waals surface area contributed by atoms with Gasteiger partial charge >= 0.3 is 6.09 Å². The lowest BCUT2D eigenvalue weighted by atomic mass is 10.00. The first-order chi connectivity index (χ1) is 6.88. The molecule has 1 heterocycles. The minimum atomic E-state index is -3.43. The minimum absolute atomic E-state index is 0.0235. The van der Waals surface area contributed by atoms with Crippen LogP contribution in [0.3, 0.4) is 0 Å². The van der Waals surface area contributed by atoms with E-state index in [4.69, 9.17) is 5.11 Å². The minimum Gasteiger partial charge on any atom is -0.465 e. The summed E-state index contributed by atoms with van der Waals surface area (Å²) in [5.74, 6) is -0.0235. The Morgan fingerprint density at radius 3 is 2.80 bits per heavy atom. The molecule has 1 fully saturated rings. The maximum Gasteiger partial charge on any atom is 0.407 e. The lowest BCUT2D eigenvalue weighted by Crippen LogP contribution is -2.40. The summed E-state index contributed by atoms with van der Waals surface area (Å²) >= 11 is 0. The van der Waals surface area contributed by atoms with E-state index in [1.807, 2.05) is 0 Å². The van der Waals surface area contributed by atoms with Crippen molar-refractivity contribution < 1.29 is 22.5 Å². The van der Waals surface area contributed by atoms with Crippen LogP contribution in [-0.4, -0.2) is 50.5 Å². The van der Waals surface area contributed by atoms with Crippen molar-refractivity contribution in [3.05, 3.63) is 0 Å². The molecule has 1 unspecified atom stereocenters. The van der Waals surface area contributed by atoms with E-state index in [9.17, 15) is 13.2 Å². The van der Waals surface area contributed by atoms with E-state index in [-0.39, 0.29) is 12.5 Å². The third-order valence-corrected chi connectivity index (χ3v) is 2.87. The van der Waals surface area contributed by atoms with Crippen LogP contribution < -0.4 is 0 Å². The van der Waals surface area contributed by atoms with Crippen molar-refractivity contribution in [3.63, 3.8) is 0 Å². The van der Waals surface area contributed by atoms with Gasteiger partial charge in [0.2, 0.25) is 0 Å². The van der Waals surface area contributed by atoms with Crippen LogP contribution in [0.25, 0.3) is 0 Å². The molecule has 6 nitrogen and oxygen atoms in total. The van der Waals surface area contributed by atoms with Crippen molar-refractivity contribution in [1.29, 1.82) is 0 Å². The Morgan fingerprint density at radius 1 is 1.60 bits per heavy atom. The zero-order valence-corrected chi connectivity index (χ0v) is 9.37. The maximum atomic E-state index is 10.7. The number of likely N-dealkylation sites (tertiary alicyclic amines) is 1. The highest BCUT2D eigenvalue weighted by Gasteiger charge is 2.24. The van der Waals surface area contributed by atoms with Crippen LogP contribution in [0.4, 0.5) is 4.79 Å². The molecule has 7 heteroatoms. The number of nitrogens with zero attached hydrogens (tertiary/aromatic N) is 1. The van der Waals surface area contributed by atoms with Gasteiger partial charge in [0.25, 0.3) is 10.1 Å². The number of hydrogen-bond donors (Lipinski definition) is 1. The van der Waals surface area contributed by atoms with Gasteiger partial charge in [-0.3, -0.25) is 4.18 Å². The first-order valence-corrected chi connectivity index (χ1v) is 6.52. The lowest BCUT2D eigenvalue weighted by molar-refractivity contribution is 0.106. The van der Waals surface area contributed by atoms with Crippen LogP contribution in [0.2, 0.25) is 0 Å². The monoisotopic (exact) mass is 237 g/mol. The van der Waals surface area contributed by atoms with Crippen molar-refractivity contribution in [1.82, 2.24) is 4.90 Å². The summed E-state index contributed by atoms with van der Waals surface area (Å²) in [5, 5.41) is 8.75. The van der Waals surface area contributed by atoms with Crippen molar-refractivity contribution in [2.24, 2.45) is 5.92 Å². The van der Waals surface area contributed by atoms with Gasteiger partial charge in [-0.25, -0.2) is 4.79 Å². The van der Waals surface area contributed by atoms with Gasteiger partial charge in [0, 0.05) is 19.0 Å². The van der Waals surface area contributed by atoms with Crippen LogP contribution in [0.1, 0.15) is 12.8 Å². The molecule has 0 bridgehead atoms. The van der Waals surface area contributed by atoms with Crippen molar-refractivity contribution in [2.75, 3.05) is 26.0 Å². The van der Waals surface area contributed by atoms with Gasteiger partial charge in [-0.1, -0.05) is 0 Å². The van der Waals surface area contributed by atoms with E-state index in [1.165, 1.54) is 4.90 Å². The van der Waals surface area contributed by atoms with Crippen LogP contribution in [-0.2, 0) is 14.3 Å². The fraction of sp³-hybridized carbons (Fsp3) is 0.875. The number of carboxylic acid groups (broad SMARTS) is 1. The van der Waals surface area contributed by atoms with E-state index in [1.54, 1.807) is 0 Å². The third kappa shape index (κ3) is 4.48. The fourth-order valence-corrected chi connectivity index (χ4v) is 2.03. The third-order valence-electron chi connectivity index (χ3n) is 2.31. The summed E-state index contributed by atoms with van der Waals surface area (Å²) in [5.41, 5.74) is 0. The number of rotatable bonds is 3. The Labute approximate surface area is 89.0 Å². The molecule has 0 spiro atoms. The quantitative estimate of drug-likeness (QED) is 0.716. The van der Waals surface area contributed by atoms with Crippen LogP contribution >= 0.6 is 0 Å². The molecular formula is C8H15NO5S. The molecule has 1 aliphatic heterocycles. The molecule has 0 aliphatic carbocycles. The Balaban J connectivity index is 2.40. The molecular weight excluding hydrogens is 222 g/mol. The van der Waals surface area contributed by atoms with E-state index < -0.39 is 16.2 Å². The molecule has 15 heavy (non-hydrogen) atoms. The predicted octanol–water partition coefficient (Wildman–Crippen LogP) is 0.353. The Kier molecular flexibility index (Phi) is 3.92. The summed E-state index contributed by atoms with van der Waals surface area (Å²) in [6.07, 6.45) is 1.59. The average Bonchev–Trinajstić information content (AvgIpc) is 2.14. The second-order valence-electron chi connectivity index (χ2n) is 3.73. The highest BCUT2D eigenvalue weighted by atomic mass is 32.2. The smallest absolute Gasteiger partial charge is 0.407 e. The van der Waals surface area contributed by atoms with E-state index in [0.29, 0.717) is 13.1 Å². The Bertz CT molecular complexity index is 326. The first-order valence-electron chi connectivity index (χ1n) is 4.71. The second-order valence-corrected chi connectivity index (χ2v) is 5.37. The highest BCUT2D eigenvalue weighted by molar-refractivity contribution is 7.85. The predicted molar refractivity (Wildman–Crippen MR) is 53.1 cm³/mol. The molecule has 0 aromatic heterocycles. The van der Waals surface area contributed by atoms with Gasteiger partial charge in [-0.2, -0.15) is 8.42 Å². The molecule has 88 valence electrons. The summed E-state index contributed by atoms with van der Waals surface area (Å²) < 4.78 is 26.1. The number of carbonyl (C=O) groups is 1. The van der Waals surface area contributed by atoms with E-state index in [0.717, 1.165) is 19.1 Å². The number of amides is 1. The SMILES string of the molecule is CS(=O)(=O)OCC1CCCN(C(=O)O)C1. The summed E-state index contributed by atoms with van der Waals surface area (Å²) in [7, 11) is -3.43. The summed E-state index contributed by atoms with van der Waals surface area (Å²) in [6.45, 7) is 0.943. The number of piperidine rings is 1. The van der Waals surface area contributed by atoms with Crippen molar-refractivity contribution >= 4 is 16.2 Å². The van der Waals surface area contributed by atoms with Gasteiger partial charge in [0.05, 0.1) is 12.9 Å². The molecule has 1 N–H and O–H groups in total. The summed E-state index contributed by atoms with van der Waals surface area (Å²) in [4.78, 5) is 12.0. The first kappa shape index (κ1) is 12.3. The molecule has 1 amide bonds. The van der Waals surface area contributed by atoms with Crippen molar-refractivity contribution in [2.45, 2.75) is 12.8 Å². The molecule has 0 saturated carbocycles. The van der Waals surface area contributed by atoms with Crippen LogP contribution in [0, 0.1) is 5.92 Å². The molecule has 0 aromatic rings. The molecule has 1 saturated heterocycles. The molecule has 1 rings (SSSR count). The van der Waals surface area contributed by atoms with Gasteiger partial charge in [0.1, 0.15) is 0 Å². The fourth-order valence-electron chi connectivity index (χ4n) is 1.59. The molecule has 0 radical (unpaired) electrons. The summed E-state index contributed by atoms with van der Waals surface area (Å²) in [6, 6.07) is 0. The molecule has 1 aliphatic rings. The van der Waals surface area contributed by atoms with Crippen LogP contribution in [0.15, 0.2) is 0 Å². The van der Waals surface area contributed by atoms with Gasteiger partial charge in [-0.05, 0) is 12.8 Å². The second kappa shape index (κ2) is 4.80. The van der Waals surface area contributed by atoms with Gasteiger partial charge in [0.15, 0.2) is 0 Å². The highest BCUT2D eigenvalue weighted by Crippen LogP contribution is 2.17. The van der Waals surface area contributed by atoms with Crippen molar-refractivity contribution in [3.8, 4) is 0 Å². The largest absolute Gasteiger partial charge is 0.465 e. The van der Waals surface area contributed by atoms with E-state index in [2.05, 4.69) is 4.18 Å². The van der Waals surface area contributed by atoms with Crippen LogP contribution in [0.5, 0.6) is 0 Å². The van der Waals surface area contributed by atoms with E-state index >= 15 is 0 Å². The molecule has 1 atom stereocenters. The normalized spacial score (nSPS) is 22.7. The standard InChI is InChI=1S/C8H15NO5S/c1-15(12,13)14-6-7-3-2-4-9(5-7)8(10)11/h7H,2-6H2,1H3,(H,10,11).